The molecule has 0 saturated carbocycles. The van der Waals surface area contributed by atoms with Crippen molar-refractivity contribution in [1.82, 2.24) is 4.57 Å². The Morgan fingerprint density at radius 2 is 2.27 bits per heavy atom. The average Bonchev–Trinajstić information content (AvgIpc) is 2.98. The summed E-state index contributed by atoms with van der Waals surface area (Å²) in [5.41, 5.74) is 1.60. The lowest BCUT2D eigenvalue weighted by atomic mass is 10.1. The Bertz CT molecular complexity index is 643. The molecule has 0 aliphatic carbocycles. The number of hydrogen-bond acceptors (Lipinski definition) is 4. The van der Waals surface area contributed by atoms with Crippen LogP contribution in [0.4, 0.5) is 0 Å². The van der Waals surface area contributed by atoms with Gasteiger partial charge in [0.1, 0.15) is 0 Å². The maximum Gasteiger partial charge on any atom is 0.338 e. The van der Waals surface area contributed by atoms with Crippen molar-refractivity contribution in [3.8, 4) is 0 Å². The van der Waals surface area contributed by atoms with E-state index in [0.29, 0.717) is 12.2 Å². The van der Waals surface area contributed by atoms with Crippen LogP contribution in [0.1, 0.15) is 29.6 Å². The van der Waals surface area contributed by atoms with Crippen molar-refractivity contribution in [3.05, 3.63) is 36.0 Å². The van der Waals surface area contributed by atoms with Gasteiger partial charge in [0.25, 0.3) is 0 Å². The van der Waals surface area contributed by atoms with E-state index in [0.717, 1.165) is 36.9 Å². The van der Waals surface area contributed by atoms with E-state index >= 15 is 0 Å². The number of benzene rings is 1. The Labute approximate surface area is 129 Å². The molecule has 1 aromatic heterocycles. The van der Waals surface area contributed by atoms with Gasteiger partial charge in [-0.1, -0.05) is 6.07 Å². The Morgan fingerprint density at radius 1 is 1.36 bits per heavy atom. The molecule has 0 amide bonds. The molecule has 5 nitrogen and oxygen atoms in total. The SMILES string of the molecule is COC(=O)c1cccc2c1ccn2CCO[C@@H]1CCCCO1. The van der Waals surface area contributed by atoms with Crippen LogP contribution >= 0.6 is 0 Å². The van der Waals surface area contributed by atoms with E-state index in [1.54, 1.807) is 6.07 Å². The van der Waals surface area contributed by atoms with Crippen LogP contribution in [-0.2, 0) is 20.8 Å². The molecule has 3 rings (SSSR count). The lowest BCUT2D eigenvalue weighted by Crippen LogP contribution is -2.23. The van der Waals surface area contributed by atoms with Crippen LogP contribution < -0.4 is 0 Å². The van der Waals surface area contributed by atoms with Crippen LogP contribution in [0.3, 0.4) is 0 Å². The summed E-state index contributed by atoms with van der Waals surface area (Å²) in [7, 11) is 1.40. The summed E-state index contributed by atoms with van der Waals surface area (Å²) in [6.45, 7) is 2.12. The van der Waals surface area contributed by atoms with E-state index in [-0.39, 0.29) is 12.3 Å². The van der Waals surface area contributed by atoms with Crippen LogP contribution in [0, 0.1) is 0 Å². The third kappa shape index (κ3) is 3.15. The third-order valence-corrected chi connectivity index (χ3v) is 3.99. The number of methoxy groups -OCH3 is 1. The normalized spacial score (nSPS) is 18.5. The summed E-state index contributed by atoms with van der Waals surface area (Å²) in [5.74, 6) is -0.310. The highest BCUT2D eigenvalue weighted by molar-refractivity contribution is 6.03. The van der Waals surface area contributed by atoms with E-state index in [9.17, 15) is 4.79 Å². The van der Waals surface area contributed by atoms with Gasteiger partial charge < -0.3 is 18.8 Å². The minimum atomic E-state index is -0.310. The molecule has 1 aromatic carbocycles. The summed E-state index contributed by atoms with van der Waals surface area (Å²) >= 11 is 0. The van der Waals surface area contributed by atoms with Gasteiger partial charge >= 0.3 is 5.97 Å². The van der Waals surface area contributed by atoms with Gasteiger partial charge in [-0.2, -0.15) is 0 Å². The van der Waals surface area contributed by atoms with E-state index in [1.165, 1.54) is 13.5 Å². The number of esters is 1. The van der Waals surface area contributed by atoms with Crippen molar-refractivity contribution in [2.75, 3.05) is 20.3 Å². The zero-order valence-electron chi connectivity index (χ0n) is 12.8. The molecule has 2 heterocycles. The molecule has 1 saturated heterocycles. The van der Waals surface area contributed by atoms with Crippen LogP contribution in [0.5, 0.6) is 0 Å². The Hall–Kier alpha value is -1.85. The van der Waals surface area contributed by atoms with Gasteiger partial charge in [0, 0.05) is 30.3 Å². The third-order valence-electron chi connectivity index (χ3n) is 3.99. The van der Waals surface area contributed by atoms with E-state index in [2.05, 4.69) is 4.57 Å². The molecule has 1 fully saturated rings. The summed E-state index contributed by atoms with van der Waals surface area (Å²) in [5, 5.41) is 0.906. The van der Waals surface area contributed by atoms with Crippen LogP contribution in [0.2, 0.25) is 0 Å². The fourth-order valence-corrected chi connectivity index (χ4v) is 2.83. The predicted octanol–water partition coefficient (Wildman–Crippen LogP) is 2.97. The van der Waals surface area contributed by atoms with Crippen LogP contribution in [0.25, 0.3) is 10.9 Å². The largest absolute Gasteiger partial charge is 0.465 e. The maximum absolute atomic E-state index is 11.8. The van der Waals surface area contributed by atoms with Crippen molar-refractivity contribution in [1.29, 1.82) is 0 Å². The number of ether oxygens (including phenoxy) is 3. The highest BCUT2D eigenvalue weighted by Crippen LogP contribution is 2.21. The van der Waals surface area contributed by atoms with Gasteiger partial charge in [0.2, 0.25) is 0 Å². The van der Waals surface area contributed by atoms with Gasteiger partial charge in [-0.05, 0) is 37.5 Å². The Morgan fingerprint density at radius 3 is 3.05 bits per heavy atom. The molecule has 0 unspecified atom stereocenters. The summed E-state index contributed by atoms with van der Waals surface area (Å²) < 4.78 is 18.2. The van der Waals surface area contributed by atoms with Gasteiger partial charge in [-0.15, -0.1) is 0 Å². The quantitative estimate of drug-likeness (QED) is 0.797. The number of nitrogens with zero attached hydrogens (tertiary/aromatic N) is 1. The van der Waals surface area contributed by atoms with Gasteiger partial charge in [-0.25, -0.2) is 4.79 Å². The lowest BCUT2D eigenvalue weighted by molar-refractivity contribution is -0.163. The molecular weight excluding hydrogens is 282 g/mol. The second-order valence-corrected chi connectivity index (χ2v) is 5.41. The highest BCUT2D eigenvalue weighted by atomic mass is 16.7. The Kier molecular flexibility index (Phi) is 4.75. The fourth-order valence-electron chi connectivity index (χ4n) is 2.83. The molecule has 1 aliphatic heterocycles. The van der Waals surface area contributed by atoms with Crippen molar-refractivity contribution in [2.45, 2.75) is 32.1 Å². The molecule has 0 spiro atoms. The van der Waals surface area contributed by atoms with Crippen molar-refractivity contribution >= 4 is 16.9 Å². The summed E-state index contributed by atoms with van der Waals surface area (Å²) in [4.78, 5) is 11.8. The summed E-state index contributed by atoms with van der Waals surface area (Å²) in [6, 6.07) is 7.60. The zero-order valence-corrected chi connectivity index (χ0v) is 12.8. The average molecular weight is 303 g/mol. The molecule has 0 bridgehead atoms. The standard InChI is InChI=1S/C17H21NO4/c1-20-17(19)14-5-4-6-15-13(14)8-9-18(15)10-12-22-16-7-2-3-11-21-16/h4-6,8-9,16H,2-3,7,10-12H2,1H3/t16-/m1/s1. The first-order valence-corrected chi connectivity index (χ1v) is 7.69. The first kappa shape index (κ1) is 15.1. The molecule has 0 radical (unpaired) electrons. The number of hydrogen-bond donors (Lipinski definition) is 0. The zero-order chi connectivity index (χ0) is 15.4. The molecule has 118 valence electrons. The fraction of sp³-hybridized carbons (Fsp3) is 0.471. The predicted molar refractivity (Wildman–Crippen MR) is 82.8 cm³/mol. The van der Waals surface area contributed by atoms with Crippen molar-refractivity contribution in [3.63, 3.8) is 0 Å². The van der Waals surface area contributed by atoms with Gasteiger partial charge in [0.15, 0.2) is 6.29 Å². The van der Waals surface area contributed by atoms with E-state index in [1.807, 2.05) is 24.4 Å². The van der Waals surface area contributed by atoms with Crippen molar-refractivity contribution in [2.24, 2.45) is 0 Å². The lowest BCUT2D eigenvalue weighted by Gasteiger charge is -2.22. The molecule has 0 N–H and O–H groups in total. The van der Waals surface area contributed by atoms with E-state index < -0.39 is 0 Å². The molecule has 22 heavy (non-hydrogen) atoms. The topological polar surface area (TPSA) is 49.7 Å². The first-order chi connectivity index (χ1) is 10.8. The summed E-state index contributed by atoms with van der Waals surface area (Å²) in [6.07, 6.45) is 5.17. The van der Waals surface area contributed by atoms with Gasteiger partial charge in [-0.3, -0.25) is 0 Å². The highest BCUT2D eigenvalue weighted by Gasteiger charge is 2.15. The number of aromatic nitrogens is 1. The smallest absolute Gasteiger partial charge is 0.338 e. The van der Waals surface area contributed by atoms with Crippen LogP contribution in [-0.4, -0.2) is 37.1 Å². The second-order valence-electron chi connectivity index (χ2n) is 5.41. The maximum atomic E-state index is 11.8. The molecule has 5 heteroatoms. The molecule has 1 aliphatic rings. The Balaban J connectivity index is 1.68. The minimum Gasteiger partial charge on any atom is -0.465 e. The minimum absolute atomic E-state index is 0.0683. The number of rotatable bonds is 5. The second kappa shape index (κ2) is 6.94. The molecular formula is C17H21NO4. The van der Waals surface area contributed by atoms with E-state index in [4.69, 9.17) is 14.2 Å². The van der Waals surface area contributed by atoms with Crippen LogP contribution in [0.15, 0.2) is 30.5 Å². The number of carbonyl (C=O) groups is 1. The number of carbonyl (C=O) groups excluding carboxylic acids is 1. The number of fused-ring (bicyclic) bond motifs is 1. The van der Waals surface area contributed by atoms with Crippen molar-refractivity contribution < 1.29 is 19.0 Å². The monoisotopic (exact) mass is 303 g/mol. The van der Waals surface area contributed by atoms with Gasteiger partial charge in [0.05, 0.1) is 19.3 Å². The molecule has 2 aromatic rings. The first-order valence-electron chi connectivity index (χ1n) is 7.69. The molecule has 1 atom stereocenters.